The predicted molar refractivity (Wildman–Crippen MR) is 161 cm³/mol. The number of alkyl halides is 1. The van der Waals surface area contributed by atoms with E-state index in [-0.39, 0.29) is 36.0 Å². The van der Waals surface area contributed by atoms with E-state index in [1.54, 1.807) is 29.1 Å². The van der Waals surface area contributed by atoms with E-state index in [1.807, 2.05) is 4.90 Å². The highest BCUT2D eigenvalue weighted by Crippen LogP contribution is 2.41. The number of nitrogens with zero attached hydrogens (tertiary/aromatic N) is 7. The third-order valence-electron chi connectivity index (χ3n) is 9.15. The van der Waals surface area contributed by atoms with Gasteiger partial charge in [0.25, 0.3) is 0 Å². The van der Waals surface area contributed by atoms with E-state index in [0.717, 1.165) is 19.4 Å². The van der Waals surface area contributed by atoms with Crippen molar-refractivity contribution in [2.75, 3.05) is 44.2 Å². The van der Waals surface area contributed by atoms with Crippen LogP contribution in [0.15, 0.2) is 30.6 Å². The van der Waals surface area contributed by atoms with Crippen molar-refractivity contribution < 1.29 is 18.6 Å². The normalized spacial score (nSPS) is 23.6. The van der Waals surface area contributed by atoms with Gasteiger partial charge in [-0.1, -0.05) is 12.0 Å². The Morgan fingerprint density at radius 3 is 2.95 bits per heavy atom. The van der Waals surface area contributed by atoms with Gasteiger partial charge in [0, 0.05) is 44.0 Å². The van der Waals surface area contributed by atoms with Crippen molar-refractivity contribution in [2.45, 2.75) is 50.0 Å². The third kappa shape index (κ3) is 4.94. The Morgan fingerprint density at radius 2 is 2.11 bits per heavy atom. The quantitative estimate of drug-likeness (QED) is 0.309. The maximum absolute atomic E-state index is 14.7. The fourth-order valence-electron chi connectivity index (χ4n) is 7.13. The standard InChI is InChI=1S/C32H32F2N8O2/c1-2-25-26(34)5-4-20-12-24(43)13-21(27(20)25)15-41-19-37-28-29(41)38-31(40-11-9-36-23(17-40)6-8-35)39-30(28)44-18-32-7-3-10-42(32)16-22(33)14-32/h1,4-5,12-13,19,22-23,36,43H,3,6-7,9-11,14-18H2/t22-,23+,32+/m1/s1. The second-order valence-electron chi connectivity index (χ2n) is 12.0. The summed E-state index contributed by atoms with van der Waals surface area (Å²) < 4.78 is 37.4. The largest absolute Gasteiger partial charge is 0.508 e. The number of halogens is 2. The second-order valence-corrected chi connectivity index (χ2v) is 12.0. The van der Waals surface area contributed by atoms with Gasteiger partial charge in [0.2, 0.25) is 11.8 Å². The van der Waals surface area contributed by atoms with Crippen LogP contribution in [-0.2, 0) is 6.54 Å². The lowest BCUT2D eigenvalue weighted by Crippen LogP contribution is -2.51. The summed E-state index contributed by atoms with van der Waals surface area (Å²) >= 11 is 0. The number of anilines is 1. The molecule has 2 aromatic heterocycles. The maximum atomic E-state index is 14.7. The van der Waals surface area contributed by atoms with E-state index in [4.69, 9.17) is 21.1 Å². The van der Waals surface area contributed by atoms with Gasteiger partial charge in [-0.3, -0.25) is 4.90 Å². The number of benzene rings is 2. The molecule has 0 radical (unpaired) electrons. The van der Waals surface area contributed by atoms with Crippen LogP contribution in [0, 0.1) is 29.5 Å². The molecule has 0 spiro atoms. The molecule has 3 atom stereocenters. The van der Waals surface area contributed by atoms with Gasteiger partial charge in [0.1, 0.15) is 24.3 Å². The van der Waals surface area contributed by atoms with Gasteiger partial charge in [0.15, 0.2) is 11.2 Å². The molecular formula is C32H32F2N8O2. The summed E-state index contributed by atoms with van der Waals surface area (Å²) in [6, 6.07) is 8.19. The number of hydrogen-bond acceptors (Lipinski definition) is 9. The third-order valence-corrected chi connectivity index (χ3v) is 9.15. The highest BCUT2D eigenvalue weighted by Gasteiger charge is 2.49. The first-order chi connectivity index (χ1) is 21.4. The summed E-state index contributed by atoms with van der Waals surface area (Å²) in [7, 11) is 0. The molecular weight excluding hydrogens is 566 g/mol. The molecule has 3 aliphatic rings. The molecule has 0 bridgehead atoms. The summed E-state index contributed by atoms with van der Waals surface area (Å²) in [5.41, 5.74) is 1.29. The molecule has 2 aromatic carbocycles. The number of aromatic nitrogens is 4. The van der Waals surface area contributed by atoms with Crippen molar-refractivity contribution in [3.8, 4) is 30.0 Å². The van der Waals surface area contributed by atoms with Crippen LogP contribution < -0.4 is 15.0 Å². The Labute approximate surface area is 253 Å². The van der Waals surface area contributed by atoms with Gasteiger partial charge in [0.05, 0.1) is 36.5 Å². The summed E-state index contributed by atoms with van der Waals surface area (Å²) in [5, 5.41) is 24.3. The van der Waals surface area contributed by atoms with Crippen LogP contribution in [0.5, 0.6) is 11.6 Å². The van der Waals surface area contributed by atoms with Crippen LogP contribution in [0.2, 0.25) is 0 Å². The first-order valence-corrected chi connectivity index (χ1v) is 14.9. The average molecular weight is 599 g/mol. The number of piperazine rings is 1. The van der Waals surface area contributed by atoms with E-state index >= 15 is 0 Å². The second kappa shape index (κ2) is 11.2. The minimum absolute atomic E-state index is 0.0262. The molecule has 0 unspecified atom stereocenters. The fourth-order valence-corrected chi connectivity index (χ4v) is 7.13. The van der Waals surface area contributed by atoms with Crippen molar-refractivity contribution in [3.63, 3.8) is 0 Å². The van der Waals surface area contributed by atoms with E-state index < -0.39 is 12.0 Å². The number of aromatic hydroxyl groups is 1. The molecule has 2 N–H and O–H groups in total. The Hall–Kier alpha value is -4.52. The molecule has 10 nitrogen and oxygen atoms in total. The number of phenolic OH excluding ortho intramolecular Hbond substituents is 1. The molecule has 3 saturated heterocycles. The van der Waals surface area contributed by atoms with E-state index in [2.05, 4.69) is 27.2 Å². The first kappa shape index (κ1) is 28.3. The highest BCUT2D eigenvalue weighted by atomic mass is 19.1. The molecule has 5 heterocycles. The van der Waals surface area contributed by atoms with Crippen LogP contribution in [0.3, 0.4) is 0 Å². The lowest BCUT2D eigenvalue weighted by Gasteiger charge is -2.33. The lowest BCUT2D eigenvalue weighted by molar-refractivity contribution is 0.111. The van der Waals surface area contributed by atoms with Crippen molar-refractivity contribution in [2.24, 2.45) is 0 Å². The van der Waals surface area contributed by atoms with Crippen molar-refractivity contribution in [1.29, 1.82) is 5.26 Å². The van der Waals surface area contributed by atoms with Crippen molar-refractivity contribution in [3.05, 3.63) is 47.5 Å². The molecule has 0 aliphatic carbocycles. The van der Waals surface area contributed by atoms with Crippen LogP contribution in [0.1, 0.15) is 36.8 Å². The number of hydrogen-bond donors (Lipinski definition) is 2. The zero-order valence-electron chi connectivity index (χ0n) is 24.1. The number of terminal acetylenes is 1. The fraction of sp³-hybridized carbons (Fsp3) is 0.438. The number of rotatable bonds is 7. The monoisotopic (exact) mass is 598 g/mol. The number of fused-ring (bicyclic) bond motifs is 3. The molecule has 3 fully saturated rings. The molecule has 12 heteroatoms. The highest BCUT2D eigenvalue weighted by molar-refractivity contribution is 5.92. The van der Waals surface area contributed by atoms with Gasteiger partial charge in [-0.05, 0) is 48.5 Å². The Kier molecular flexibility index (Phi) is 7.19. The number of phenols is 1. The predicted octanol–water partition coefficient (Wildman–Crippen LogP) is 3.50. The molecule has 0 amide bonds. The summed E-state index contributed by atoms with van der Waals surface area (Å²) in [6.45, 7) is 3.57. The Bertz CT molecular complexity index is 1830. The van der Waals surface area contributed by atoms with Gasteiger partial charge in [-0.25, -0.2) is 13.8 Å². The van der Waals surface area contributed by atoms with Crippen LogP contribution in [-0.4, -0.2) is 86.6 Å². The average Bonchev–Trinajstić information content (AvgIpc) is 3.68. The van der Waals surface area contributed by atoms with Gasteiger partial charge < -0.3 is 24.6 Å². The zero-order chi connectivity index (χ0) is 30.4. The smallest absolute Gasteiger partial charge is 0.247 e. The van der Waals surface area contributed by atoms with Crippen LogP contribution in [0.25, 0.3) is 21.9 Å². The van der Waals surface area contributed by atoms with Crippen molar-refractivity contribution in [1.82, 2.24) is 29.7 Å². The molecule has 7 rings (SSSR count). The zero-order valence-corrected chi connectivity index (χ0v) is 24.1. The van der Waals surface area contributed by atoms with Gasteiger partial charge in [-0.2, -0.15) is 15.2 Å². The number of nitriles is 1. The van der Waals surface area contributed by atoms with E-state index in [1.165, 1.54) is 6.07 Å². The summed E-state index contributed by atoms with van der Waals surface area (Å²) in [5.74, 6) is 2.71. The van der Waals surface area contributed by atoms with E-state index in [0.29, 0.717) is 78.3 Å². The van der Waals surface area contributed by atoms with Gasteiger partial charge >= 0.3 is 0 Å². The van der Waals surface area contributed by atoms with Crippen molar-refractivity contribution >= 4 is 27.9 Å². The number of ether oxygens (including phenoxy) is 1. The minimum Gasteiger partial charge on any atom is -0.508 e. The first-order valence-electron chi connectivity index (χ1n) is 14.9. The molecule has 226 valence electrons. The summed E-state index contributed by atoms with van der Waals surface area (Å²) in [4.78, 5) is 18.6. The lowest BCUT2D eigenvalue weighted by atomic mass is 9.95. The molecule has 4 aromatic rings. The SMILES string of the molecule is C#Cc1c(F)ccc2cc(O)cc(Cn3cnc4c(OC[C@@]56CCCN5C[C@H](F)C6)nc(N5CCN[C@@H](CC#N)C5)nc43)c12. The Balaban J connectivity index is 1.30. The molecule has 0 saturated carbocycles. The molecule has 44 heavy (non-hydrogen) atoms. The topological polar surface area (TPSA) is 115 Å². The number of nitrogens with one attached hydrogen (secondary N) is 1. The van der Waals surface area contributed by atoms with Crippen LogP contribution >= 0.6 is 0 Å². The van der Waals surface area contributed by atoms with E-state index in [9.17, 15) is 19.1 Å². The maximum Gasteiger partial charge on any atom is 0.247 e. The Morgan fingerprint density at radius 1 is 1.23 bits per heavy atom. The van der Waals surface area contributed by atoms with Gasteiger partial charge in [-0.15, -0.1) is 6.42 Å². The summed E-state index contributed by atoms with van der Waals surface area (Å²) in [6.07, 6.45) is 9.06. The number of imidazole rings is 1. The van der Waals surface area contributed by atoms with Crippen LogP contribution in [0.4, 0.5) is 14.7 Å². The minimum atomic E-state index is -0.883. The molecule has 3 aliphatic heterocycles.